The van der Waals surface area contributed by atoms with Gasteiger partial charge in [0.05, 0.1) is 12.2 Å². The summed E-state index contributed by atoms with van der Waals surface area (Å²) in [6.07, 6.45) is 8.97. The van der Waals surface area contributed by atoms with Crippen LogP contribution < -0.4 is 0 Å². The second-order valence-electron chi connectivity index (χ2n) is 9.79. The minimum absolute atomic E-state index is 0.0976. The van der Waals surface area contributed by atoms with Crippen molar-refractivity contribution in [1.29, 1.82) is 0 Å². The molecule has 4 fully saturated rings. The van der Waals surface area contributed by atoms with Crippen molar-refractivity contribution in [2.24, 2.45) is 34.5 Å². The smallest absolute Gasteiger partial charge is 0.393 e. The summed E-state index contributed by atoms with van der Waals surface area (Å²) in [6.45, 7) is 4.67. The van der Waals surface area contributed by atoms with Crippen molar-refractivity contribution in [2.45, 2.75) is 83.8 Å². The van der Waals surface area contributed by atoms with Gasteiger partial charge in [0.25, 0.3) is 0 Å². The summed E-state index contributed by atoms with van der Waals surface area (Å²) in [6, 6.07) is 0. The van der Waals surface area contributed by atoms with E-state index in [4.69, 9.17) is 4.52 Å². The van der Waals surface area contributed by atoms with Crippen molar-refractivity contribution >= 4 is 7.82 Å². The number of hydrogen-bond donors (Lipinski definition) is 3. The van der Waals surface area contributed by atoms with Crippen LogP contribution in [0.4, 0.5) is 0 Å². The zero-order valence-electron chi connectivity index (χ0n) is 15.4. The predicted molar refractivity (Wildman–Crippen MR) is 94.7 cm³/mol. The van der Waals surface area contributed by atoms with Gasteiger partial charge < -0.3 is 14.9 Å². The SMILES string of the molecule is C[C@]12CC[C@H](O)C[C@H]1CC[C@@H]1[C@@H]2CC[C@]2(C)[C@@H](OP(=O)(O)O)CC[C@@H]12. The molecule has 0 radical (unpaired) electrons. The van der Waals surface area contributed by atoms with E-state index in [1.165, 1.54) is 12.8 Å². The lowest BCUT2D eigenvalue weighted by Gasteiger charge is -2.60. The van der Waals surface area contributed by atoms with Crippen molar-refractivity contribution in [1.82, 2.24) is 0 Å². The van der Waals surface area contributed by atoms with Gasteiger partial charge in [-0.1, -0.05) is 13.8 Å². The zero-order valence-corrected chi connectivity index (χ0v) is 16.3. The predicted octanol–water partition coefficient (Wildman–Crippen LogP) is 3.87. The van der Waals surface area contributed by atoms with Crippen molar-refractivity contribution < 1.29 is 24.0 Å². The highest BCUT2D eigenvalue weighted by atomic mass is 31.2. The van der Waals surface area contributed by atoms with Crippen LogP contribution in [0.3, 0.4) is 0 Å². The fourth-order valence-corrected chi connectivity index (χ4v) is 8.20. The summed E-state index contributed by atoms with van der Waals surface area (Å²) >= 11 is 0. The first-order chi connectivity index (χ1) is 11.6. The van der Waals surface area contributed by atoms with Gasteiger partial charge in [0.2, 0.25) is 0 Å². The molecule has 0 amide bonds. The number of phosphoric ester groups is 1. The minimum atomic E-state index is -4.43. The summed E-state index contributed by atoms with van der Waals surface area (Å²) in [5, 5.41) is 10.1. The Morgan fingerprint density at radius 3 is 2.32 bits per heavy atom. The summed E-state index contributed by atoms with van der Waals surface area (Å²) < 4.78 is 16.6. The second-order valence-corrected chi connectivity index (χ2v) is 11.0. The van der Waals surface area contributed by atoms with Crippen molar-refractivity contribution in [3.8, 4) is 0 Å². The van der Waals surface area contributed by atoms with Gasteiger partial charge in [0, 0.05) is 0 Å². The highest BCUT2D eigenvalue weighted by molar-refractivity contribution is 7.46. The first-order valence-corrected chi connectivity index (χ1v) is 11.6. The molecule has 4 saturated carbocycles. The van der Waals surface area contributed by atoms with Gasteiger partial charge in [-0.2, -0.15) is 0 Å². The molecule has 0 aliphatic heterocycles. The molecule has 0 unspecified atom stereocenters. The highest BCUT2D eigenvalue weighted by Gasteiger charge is 2.61. The molecule has 0 saturated heterocycles. The van der Waals surface area contributed by atoms with Crippen LogP contribution in [0.2, 0.25) is 0 Å². The second kappa shape index (κ2) is 6.04. The van der Waals surface area contributed by atoms with Gasteiger partial charge in [-0.25, -0.2) is 4.57 Å². The first kappa shape index (κ1) is 18.4. The van der Waals surface area contributed by atoms with Crippen LogP contribution in [-0.2, 0) is 9.09 Å². The number of aliphatic hydroxyl groups excluding tert-OH is 1. The molecule has 0 aromatic rings. The van der Waals surface area contributed by atoms with Crippen LogP contribution >= 0.6 is 7.82 Å². The summed E-state index contributed by atoms with van der Waals surface area (Å²) in [5.74, 6) is 2.52. The Balaban J connectivity index is 1.57. The molecular formula is C19H33O5P. The van der Waals surface area contributed by atoms with Crippen LogP contribution in [-0.4, -0.2) is 27.1 Å². The largest absolute Gasteiger partial charge is 0.469 e. The van der Waals surface area contributed by atoms with Gasteiger partial charge in [0.15, 0.2) is 0 Å². The third kappa shape index (κ3) is 2.95. The lowest BCUT2D eigenvalue weighted by atomic mass is 9.45. The Labute approximate surface area is 150 Å². The average Bonchev–Trinajstić information content (AvgIpc) is 2.83. The van der Waals surface area contributed by atoms with E-state index in [-0.39, 0.29) is 17.6 Å². The molecule has 4 rings (SSSR count). The molecule has 0 heterocycles. The normalized spacial score (nSPS) is 53.0. The van der Waals surface area contributed by atoms with E-state index in [9.17, 15) is 19.5 Å². The lowest BCUT2D eigenvalue weighted by molar-refractivity contribution is -0.132. The van der Waals surface area contributed by atoms with Crippen molar-refractivity contribution in [3.63, 3.8) is 0 Å². The maximum atomic E-state index is 11.4. The highest BCUT2D eigenvalue weighted by Crippen LogP contribution is 2.67. The molecule has 4 aliphatic rings. The number of aliphatic hydroxyl groups is 1. The Morgan fingerprint density at radius 1 is 0.920 bits per heavy atom. The van der Waals surface area contributed by atoms with Gasteiger partial charge in [-0.05, 0) is 92.3 Å². The molecule has 0 aromatic carbocycles. The molecule has 8 atom stereocenters. The maximum absolute atomic E-state index is 11.4. The molecule has 0 bridgehead atoms. The molecule has 3 N–H and O–H groups in total. The van der Waals surface area contributed by atoms with E-state index in [1.54, 1.807) is 0 Å². The fraction of sp³-hybridized carbons (Fsp3) is 1.00. The molecule has 0 aromatic heterocycles. The van der Waals surface area contributed by atoms with Crippen LogP contribution in [0.5, 0.6) is 0 Å². The third-order valence-electron chi connectivity index (χ3n) is 8.82. The standard InChI is InChI=1S/C19H33O5P/c1-18-9-7-13(20)11-12(18)3-4-14-15-5-6-17(24-25(21,22)23)19(15,2)10-8-16(14)18/h12-17,20H,3-11H2,1-2H3,(H2,21,22,23)/t12-,13+,14+,15+,16+,17+,18+,19+/m1/s1. The molecule has 0 spiro atoms. The Hall–Kier alpha value is 0.0700. The van der Waals surface area contributed by atoms with Gasteiger partial charge in [-0.3, -0.25) is 4.52 Å². The average molecular weight is 372 g/mol. The van der Waals surface area contributed by atoms with Gasteiger partial charge in [-0.15, -0.1) is 0 Å². The Morgan fingerprint density at radius 2 is 1.60 bits per heavy atom. The van der Waals surface area contributed by atoms with E-state index < -0.39 is 7.82 Å². The van der Waals surface area contributed by atoms with E-state index in [2.05, 4.69) is 13.8 Å². The molecule has 144 valence electrons. The molecule has 5 nitrogen and oxygen atoms in total. The van der Waals surface area contributed by atoms with Crippen molar-refractivity contribution in [3.05, 3.63) is 0 Å². The topological polar surface area (TPSA) is 87.0 Å². The fourth-order valence-electron chi connectivity index (χ4n) is 7.53. The summed E-state index contributed by atoms with van der Waals surface area (Å²) in [5.41, 5.74) is 0.241. The molecule has 25 heavy (non-hydrogen) atoms. The monoisotopic (exact) mass is 372 g/mol. The Kier molecular flexibility index (Phi) is 4.45. The zero-order chi connectivity index (χ0) is 18.0. The summed E-state index contributed by atoms with van der Waals surface area (Å²) in [4.78, 5) is 18.6. The minimum Gasteiger partial charge on any atom is -0.393 e. The third-order valence-corrected chi connectivity index (χ3v) is 9.34. The maximum Gasteiger partial charge on any atom is 0.469 e. The van der Waals surface area contributed by atoms with Crippen LogP contribution in [0.25, 0.3) is 0 Å². The van der Waals surface area contributed by atoms with E-state index in [1.807, 2.05) is 0 Å². The summed E-state index contributed by atoms with van der Waals surface area (Å²) in [7, 11) is -4.43. The van der Waals surface area contributed by atoms with Crippen LogP contribution in [0, 0.1) is 34.5 Å². The van der Waals surface area contributed by atoms with Gasteiger partial charge in [0.1, 0.15) is 0 Å². The van der Waals surface area contributed by atoms with E-state index in [0.717, 1.165) is 44.9 Å². The number of rotatable bonds is 2. The Bertz CT molecular complexity index is 576. The lowest BCUT2D eigenvalue weighted by Crippen LogP contribution is -2.54. The number of phosphoric acid groups is 1. The van der Waals surface area contributed by atoms with Gasteiger partial charge >= 0.3 is 7.82 Å². The first-order valence-electron chi connectivity index (χ1n) is 10.1. The van der Waals surface area contributed by atoms with E-state index in [0.29, 0.717) is 29.1 Å². The molecule has 4 aliphatic carbocycles. The van der Waals surface area contributed by atoms with Crippen LogP contribution in [0.15, 0.2) is 0 Å². The van der Waals surface area contributed by atoms with E-state index >= 15 is 0 Å². The number of fused-ring (bicyclic) bond motifs is 5. The van der Waals surface area contributed by atoms with Crippen LogP contribution in [0.1, 0.15) is 71.6 Å². The number of hydrogen-bond acceptors (Lipinski definition) is 3. The molecular weight excluding hydrogens is 339 g/mol. The van der Waals surface area contributed by atoms with Crippen molar-refractivity contribution in [2.75, 3.05) is 0 Å². The molecule has 6 heteroatoms. The quantitative estimate of drug-likeness (QED) is 0.641.